The molecule has 0 aliphatic carbocycles. The van der Waals surface area contributed by atoms with E-state index in [1.165, 1.54) is 18.2 Å². The molecule has 106 valence electrons. The summed E-state index contributed by atoms with van der Waals surface area (Å²) >= 11 is 3.17. The molecule has 2 N–H and O–H groups in total. The third kappa shape index (κ3) is 5.80. The molecule has 0 amide bonds. The molecule has 1 unspecified atom stereocenters. The van der Waals surface area contributed by atoms with Gasteiger partial charge in [0.05, 0.1) is 11.8 Å². The molecule has 0 aromatic heterocycles. The molecule has 1 aromatic carbocycles. The minimum Gasteiger partial charge on any atom is -0.321 e. The molecule has 0 saturated heterocycles. The Labute approximate surface area is 120 Å². The Hall–Kier alpha value is -0.790. The molecule has 0 fully saturated rings. The monoisotopic (exact) mass is 351 g/mol. The van der Waals surface area contributed by atoms with E-state index in [1.807, 2.05) is 0 Å². The highest BCUT2D eigenvalue weighted by Gasteiger charge is 2.17. The molecule has 0 aliphatic rings. The van der Waals surface area contributed by atoms with Gasteiger partial charge >= 0.3 is 0 Å². The summed E-state index contributed by atoms with van der Waals surface area (Å²) in [4.78, 5) is 11.8. The van der Waals surface area contributed by atoms with Crippen LogP contribution in [0.15, 0.2) is 22.7 Å². The molecule has 0 radical (unpaired) electrons. The maximum atomic E-state index is 12.9. The normalized spacial score (nSPS) is 13.3. The van der Waals surface area contributed by atoms with Gasteiger partial charge in [0.25, 0.3) is 0 Å². The zero-order valence-corrected chi connectivity index (χ0v) is 12.8. The number of rotatable bonds is 6. The minimum absolute atomic E-state index is 0.0474. The van der Waals surface area contributed by atoms with Crippen molar-refractivity contribution in [2.45, 2.75) is 18.9 Å². The molecule has 0 saturated carbocycles. The lowest BCUT2D eigenvalue weighted by Gasteiger charge is -2.10. The second-order valence-electron chi connectivity index (χ2n) is 4.40. The average Bonchev–Trinajstić information content (AvgIpc) is 2.28. The smallest absolute Gasteiger partial charge is 0.153 e. The van der Waals surface area contributed by atoms with E-state index in [-0.39, 0.29) is 24.4 Å². The Morgan fingerprint density at radius 3 is 2.63 bits per heavy atom. The lowest BCUT2D eigenvalue weighted by Crippen LogP contribution is -2.33. The molecule has 0 bridgehead atoms. The largest absolute Gasteiger partial charge is 0.321 e. The Morgan fingerprint density at radius 2 is 2.11 bits per heavy atom. The summed E-state index contributed by atoms with van der Waals surface area (Å²) in [5.74, 6) is -0.787. The first-order chi connectivity index (χ1) is 8.69. The summed E-state index contributed by atoms with van der Waals surface area (Å²) in [7, 11) is -3.13. The number of Topliss-reactive ketones (excluding diaryl/α,β-unsaturated/α-hetero) is 1. The highest BCUT2D eigenvalue weighted by atomic mass is 79.9. The number of ketones is 1. The van der Waals surface area contributed by atoms with Crippen LogP contribution in [0.3, 0.4) is 0 Å². The molecule has 0 aliphatic heterocycles. The van der Waals surface area contributed by atoms with Gasteiger partial charge in [-0.05, 0) is 24.1 Å². The Kier molecular flexibility index (Phi) is 5.64. The van der Waals surface area contributed by atoms with E-state index in [0.717, 1.165) is 6.26 Å². The van der Waals surface area contributed by atoms with Crippen LogP contribution in [0.1, 0.15) is 12.0 Å². The number of carbonyl (C=O) groups excluding carboxylic acids is 1. The SMILES string of the molecule is CS(=O)(=O)CCC(N)C(=O)Cc1ccc(F)cc1Br. The molecule has 4 nitrogen and oxygen atoms in total. The van der Waals surface area contributed by atoms with Crippen molar-refractivity contribution in [2.75, 3.05) is 12.0 Å². The molecular weight excluding hydrogens is 337 g/mol. The van der Waals surface area contributed by atoms with Gasteiger partial charge in [-0.25, -0.2) is 12.8 Å². The molecule has 7 heteroatoms. The topological polar surface area (TPSA) is 77.2 Å². The maximum Gasteiger partial charge on any atom is 0.153 e. The quantitative estimate of drug-likeness (QED) is 0.841. The van der Waals surface area contributed by atoms with Gasteiger partial charge in [0, 0.05) is 17.1 Å². The number of hydrogen-bond donors (Lipinski definition) is 1. The van der Waals surface area contributed by atoms with Crippen LogP contribution in [0.4, 0.5) is 4.39 Å². The lowest BCUT2D eigenvalue weighted by atomic mass is 10.0. The summed E-state index contributed by atoms with van der Waals surface area (Å²) in [6.07, 6.45) is 1.24. The Bertz CT molecular complexity index is 574. The van der Waals surface area contributed by atoms with Crippen molar-refractivity contribution in [3.63, 3.8) is 0 Å². The molecule has 19 heavy (non-hydrogen) atoms. The van der Waals surface area contributed by atoms with E-state index in [2.05, 4.69) is 15.9 Å². The number of benzene rings is 1. The number of hydrogen-bond acceptors (Lipinski definition) is 4. The second-order valence-corrected chi connectivity index (χ2v) is 7.52. The van der Waals surface area contributed by atoms with Crippen LogP contribution < -0.4 is 5.73 Å². The van der Waals surface area contributed by atoms with E-state index < -0.39 is 21.7 Å². The van der Waals surface area contributed by atoms with Crippen molar-refractivity contribution in [1.29, 1.82) is 0 Å². The van der Waals surface area contributed by atoms with Gasteiger partial charge < -0.3 is 5.73 Å². The summed E-state index contributed by atoms with van der Waals surface area (Å²) in [5, 5.41) is 0. The summed E-state index contributed by atoms with van der Waals surface area (Å²) in [6, 6.07) is 3.20. The average molecular weight is 352 g/mol. The fraction of sp³-hybridized carbons (Fsp3) is 0.417. The zero-order chi connectivity index (χ0) is 14.6. The van der Waals surface area contributed by atoms with E-state index in [1.54, 1.807) is 0 Å². The predicted octanol–water partition coefficient (Wildman–Crippen LogP) is 1.46. The van der Waals surface area contributed by atoms with Crippen LogP contribution in [0.5, 0.6) is 0 Å². The standard InChI is InChI=1S/C12H15BrFNO3S/c1-19(17,18)5-4-11(15)12(16)6-8-2-3-9(14)7-10(8)13/h2-3,7,11H,4-6,15H2,1H3. The second kappa shape index (κ2) is 6.58. The number of halogens is 2. The first-order valence-electron chi connectivity index (χ1n) is 5.59. The van der Waals surface area contributed by atoms with E-state index in [0.29, 0.717) is 10.0 Å². The van der Waals surface area contributed by atoms with Crippen LogP contribution in [-0.4, -0.2) is 32.3 Å². The van der Waals surface area contributed by atoms with Crippen LogP contribution >= 0.6 is 15.9 Å². The number of carbonyl (C=O) groups is 1. The molecule has 1 aromatic rings. The fourth-order valence-corrected chi connectivity index (χ4v) is 2.66. The van der Waals surface area contributed by atoms with Gasteiger partial charge in [0.1, 0.15) is 15.7 Å². The van der Waals surface area contributed by atoms with Crippen LogP contribution in [0, 0.1) is 5.82 Å². The predicted molar refractivity (Wildman–Crippen MR) is 75.1 cm³/mol. The summed E-state index contributed by atoms with van der Waals surface area (Å²) < 4.78 is 35.4. The van der Waals surface area contributed by atoms with Crippen LogP contribution in [0.2, 0.25) is 0 Å². The van der Waals surface area contributed by atoms with Crippen LogP contribution in [-0.2, 0) is 21.1 Å². The fourth-order valence-electron chi connectivity index (χ4n) is 1.49. The van der Waals surface area contributed by atoms with Gasteiger partial charge in [-0.15, -0.1) is 0 Å². The number of sulfone groups is 1. The minimum atomic E-state index is -3.13. The summed E-state index contributed by atoms with van der Waals surface area (Å²) in [5.41, 5.74) is 6.27. The van der Waals surface area contributed by atoms with Gasteiger partial charge in [-0.1, -0.05) is 22.0 Å². The van der Waals surface area contributed by atoms with Crippen molar-refractivity contribution in [3.8, 4) is 0 Å². The van der Waals surface area contributed by atoms with Crippen molar-refractivity contribution < 1.29 is 17.6 Å². The third-order valence-corrected chi connectivity index (χ3v) is 4.31. The van der Waals surface area contributed by atoms with Gasteiger partial charge in [-0.2, -0.15) is 0 Å². The number of nitrogens with two attached hydrogens (primary N) is 1. The Balaban J connectivity index is 2.64. The molecule has 0 spiro atoms. The van der Waals surface area contributed by atoms with Gasteiger partial charge in [-0.3, -0.25) is 4.79 Å². The van der Waals surface area contributed by atoms with Gasteiger partial charge in [0.2, 0.25) is 0 Å². The molecule has 0 heterocycles. The highest BCUT2D eigenvalue weighted by molar-refractivity contribution is 9.10. The third-order valence-electron chi connectivity index (χ3n) is 2.59. The van der Waals surface area contributed by atoms with Crippen molar-refractivity contribution in [2.24, 2.45) is 5.73 Å². The lowest BCUT2D eigenvalue weighted by molar-refractivity contribution is -0.119. The van der Waals surface area contributed by atoms with E-state index in [4.69, 9.17) is 5.73 Å². The molecule has 1 rings (SSSR count). The molecular formula is C12H15BrFNO3S. The van der Waals surface area contributed by atoms with Gasteiger partial charge in [0.15, 0.2) is 5.78 Å². The Morgan fingerprint density at radius 1 is 1.47 bits per heavy atom. The first kappa shape index (κ1) is 16.3. The highest BCUT2D eigenvalue weighted by Crippen LogP contribution is 2.19. The van der Waals surface area contributed by atoms with Crippen LogP contribution in [0.25, 0.3) is 0 Å². The van der Waals surface area contributed by atoms with Crippen molar-refractivity contribution in [3.05, 3.63) is 34.1 Å². The molecule has 1 atom stereocenters. The maximum absolute atomic E-state index is 12.9. The van der Waals surface area contributed by atoms with E-state index in [9.17, 15) is 17.6 Å². The van der Waals surface area contributed by atoms with Crippen molar-refractivity contribution in [1.82, 2.24) is 0 Å². The zero-order valence-electron chi connectivity index (χ0n) is 10.4. The summed E-state index contributed by atoms with van der Waals surface area (Å²) in [6.45, 7) is 0. The van der Waals surface area contributed by atoms with Crippen molar-refractivity contribution >= 4 is 31.6 Å². The van der Waals surface area contributed by atoms with E-state index >= 15 is 0 Å². The first-order valence-corrected chi connectivity index (χ1v) is 8.44.